The Hall–Kier alpha value is -2.12. The molecule has 1 saturated carbocycles. The van der Waals surface area contributed by atoms with Crippen molar-refractivity contribution in [2.75, 3.05) is 5.32 Å². The molecule has 3 aromatic rings. The number of rotatable bonds is 6. The van der Waals surface area contributed by atoms with Crippen LogP contribution in [-0.4, -0.2) is 25.9 Å². The first-order chi connectivity index (χ1) is 12.2. The van der Waals surface area contributed by atoms with Crippen LogP contribution in [0.4, 0.5) is 5.69 Å². The highest BCUT2D eigenvalue weighted by Gasteiger charge is 2.31. The Labute approximate surface area is 154 Å². The second-order valence-corrected chi connectivity index (χ2v) is 8.26. The van der Waals surface area contributed by atoms with E-state index in [-0.39, 0.29) is 11.2 Å². The Morgan fingerprint density at radius 2 is 2.04 bits per heavy atom. The van der Waals surface area contributed by atoms with Crippen LogP contribution >= 0.6 is 23.1 Å². The van der Waals surface area contributed by atoms with E-state index < -0.39 is 0 Å². The van der Waals surface area contributed by atoms with Gasteiger partial charge in [-0.3, -0.25) is 9.36 Å². The van der Waals surface area contributed by atoms with E-state index in [1.54, 1.807) is 11.3 Å². The first-order valence-electron chi connectivity index (χ1n) is 8.23. The Kier molecular flexibility index (Phi) is 4.59. The van der Waals surface area contributed by atoms with Crippen molar-refractivity contribution in [1.82, 2.24) is 14.8 Å². The van der Waals surface area contributed by atoms with Crippen LogP contribution in [0.5, 0.6) is 0 Å². The number of aromatic nitrogens is 3. The minimum absolute atomic E-state index is 0.0285. The lowest BCUT2D eigenvalue weighted by atomic mass is 10.3. The van der Waals surface area contributed by atoms with E-state index in [0.717, 1.165) is 34.4 Å². The van der Waals surface area contributed by atoms with E-state index in [2.05, 4.69) is 26.1 Å². The summed E-state index contributed by atoms with van der Waals surface area (Å²) < 4.78 is 2.20. The zero-order valence-corrected chi connectivity index (χ0v) is 15.4. The first-order valence-corrected chi connectivity index (χ1v) is 9.99. The summed E-state index contributed by atoms with van der Waals surface area (Å²) in [6.45, 7) is 1.90. The van der Waals surface area contributed by atoms with Crippen molar-refractivity contribution in [2.45, 2.75) is 36.2 Å². The van der Waals surface area contributed by atoms with Gasteiger partial charge >= 0.3 is 0 Å². The lowest BCUT2D eigenvalue weighted by molar-refractivity contribution is -0.115. The third-order valence-electron chi connectivity index (χ3n) is 4.01. The topological polar surface area (TPSA) is 59.8 Å². The highest BCUT2D eigenvalue weighted by Crippen LogP contribution is 2.42. The summed E-state index contributed by atoms with van der Waals surface area (Å²) in [4.78, 5) is 13.6. The van der Waals surface area contributed by atoms with Gasteiger partial charge in [0.25, 0.3) is 0 Å². The molecule has 1 fully saturated rings. The fraction of sp³-hybridized carbons (Fsp3) is 0.278. The fourth-order valence-electron chi connectivity index (χ4n) is 2.57. The molecule has 0 aliphatic heterocycles. The molecule has 0 spiro atoms. The number of benzene rings is 1. The van der Waals surface area contributed by atoms with Crippen LogP contribution in [0.25, 0.3) is 10.7 Å². The van der Waals surface area contributed by atoms with E-state index in [4.69, 9.17) is 0 Å². The summed E-state index contributed by atoms with van der Waals surface area (Å²) >= 11 is 3.13. The molecule has 1 amide bonds. The van der Waals surface area contributed by atoms with Gasteiger partial charge in [-0.05, 0) is 43.3 Å². The van der Waals surface area contributed by atoms with Crippen LogP contribution in [0, 0.1) is 0 Å². The van der Waals surface area contributed by atoms with Crippen LogP contribution in [-0.2, 0) is 4.79 Å². The molecule has 1 aliphatic carbocycles. The molecular weight excluding hydrogens is 352 g/mol. The first kappa shape index (κ1) is 16.4. The van der Waals surface area contributed by atoms with Gasteiger partial charge in [-0.2, -0.15) is 0 Å². The zero-order valence-electron chi connectivity index (χ0n) is 13.8. The maximum absolute atomic E-state index is 12.5. The number of thioether (sulfide) groups is 1. The monoisotopic (exact) mass is 370 g/mol. The number of nitrogens with one attached hydrogen (secondary N) is 1. The molecule has 128 valence electrons. The number of nitrogens with zero attached hydrogens (tertiary/aromatic N) is 3. The number of carbonyl (C=O) groups is 1. The molecule has 5 nitrogen and oxygen atoms in total. The quantitative estimate of drug-likeness (QED) is 0.651. The molecule has 1 N–H and O–H groups in total. The number of thiophene rings is 1. The van der Waals surface area contributed by atoms with Crippen LogP contribution in [0.2, 0.25) is 0 Å². The molecule has 25 heavy (non-hydrogen) atoms. The molecule has 0 bridgehead atoms. The van der Waals surface area contributed by atoms with Crippen molar-refractivity contribution in [3.63, 3.8) is 0 Å². The molecule has 1 aromatic carbocycles. The van der Waals surface area contributed by atoms with E-state index in [0.29, 0.717) is 6.04 Å². The second-order valence-electron chi connectivity index (χ2n) is 6.00. The number of anilines is 1. The summed E-state index contributed by atoms with van der Waals surface area (Å²) in [6.07, 6.45) is 2.29. The lowest BCUT2D eigenvalue weighted by Gasteiger charge is -2.13. The van der Waals surface area contributed by atoms with Gasteiger partial charge in [0.1, 0.15) is 0 Å². The molecule has 2 aromatic heterocycles. The maximum atomic E-state index is 12.5. The van der Waals surface area contributed by atoms with Crippen molar-refractivity contribution in [2.24, 2.45) is 0 Å². The van der Waals surface area contributed by atoms with Gasteiger partial charge < -0.3 is 5.32 Å². The molecule has 1 atom stereocenters. The predicted octanol–water partition coefficient (Wildman–Crippen LogP) is 4.46. The van der Waals surface area contributed by atoms with Gasteiger partial charge in [-0.15, -0.1) is 21.5 Å². The summed E-state index contributed by atoms with van der Waals surface area (Å²) in [5.41, 5.74) is 0.808. The normalized spacial score (nSPS) is 15.1. The molecule has 1 aliphatic rings. The minimum atomic E-state index is -0.252. The van der Waals surface area contributed by atoms with Crippen molar-refractivity contribution in [3.8, 4) is 10.7 Å². The van der Waals surface area contributed by atoms with Gasteiger partial charge in [-0.1, -0.05) is 36.0 Å². The van der Waals surface area contributed by atoms with Gasteiger partial charge in [-0.25, -0.2) is 0 Å². The SMILES string of the molecule is C[C@@H](Sc1nnc(-c2cccs2)n1C1CC1)C(=O)Nc1ccccc1. The van der Waals surface area contributed by atoms with Crippen molar-refractivity contribution in [1.29, 1.82) is 0 Å². The number of carbonyl (C=O) groups excluding carboxylic acids is 1. The molecule has 0 radical (unpaired) electrons. The molecule has 7 heteroatoms. The second kappa shape index (κ2) is 7.01. The van der Waals surface area contributed by atoms with Crippen molar-refractivity contribution >= 4 is 34.7 Å². The largest absolute Gasteiger partial charge is 0.325 e. The van der Waals surface area contributed by atoms with Crippen molar-refractivity contribution in [3.05, 3.63) is 47.8 Å². The Bertz CT molecular complexity index is 857. The van der Waals surface area contributed by atoms with Gasteiger partial charge in [0.15, 0.2) is 11.0 Å². The molecule has 2 heterocycles. The van der Waals surface area contributed by atoms with Crippen molar-refractivity contribution < 1.29 is 4.79 Å². The average molecular weight is 371 g/mol. The summed E-state index contributed by atoms with van der Waals surface area (Å²) in [5, 5.41) is 14.3. The standard InChI is InChI=1S/C18H18N4OS2/c1-12(17(23)19-13-6-3-2-4-7-13)25-18-21-20-16(15-8-5-11-24-15)22(18)14-9-10-14/h2-8,11-12,14H,9-10H2,1H3,(H,19,23)/t12-/m1/s1. The highest BCUT2D eigenvalue weighted by atomic mass is 32.2. The number of hydrogen-bond acceptors (Lipinski definition) is 5. The minimum Gasteiger partial charge on any atom is -0.325 e. The van der Waals surface area contributed by atoms with Crippen LogP contribution in [0.15, 0.2) is 53.0 Å². The van der Waals surface area contributed by atoms with Gasteiger partial charge in [0.2, 0.25) is 5.91 Å². The van der Waals surface area contributed by atoms with Crippen LogP contribution in [0.3, 0.4) is 0 Å². The summed E-state index contributed by atoms with van der Waals surface area (Å²) in [7, 11) is 0. The average Bonchev–Trinajstić information content (AvgIpc) is 3.15. The van der Waals surface area contributed by atoms with E-state index >= 15 is 0 Å². The van der Waals surface area contributed by atoms with E-state index in [1.807, 2.05) is 48.7 Å². The van der Waals surface area contributed by atoms with E-state index in [9.17, 15) is 4.79 Å². The summed E-state index contributed by atoms with van der Waals surface area (Å²) in [6, 6.07) is 14.1. The molecule has 0 unspecified atom stereocenters. The van der Waals surface area contributed by atoms with Crippen LogP contribution in [0.1, 0.15) is 25.8 Å². The fourth-order valence-corrected chi connectivity index (χ4v) is 4.19. The van der Waals surface area contributed by atoms with E-state index in [1.165, 1.54) is 11.8 Å². The third kappa shape index (κ3) is 3.62. The number of amides is 1. The zero-order chi connectivity index (χ0) is 17.2. The molecule has 4 rings (SSSR count). The lowest BCUT2D eigenvalue weighted by Crippen LogP contribution is -2.22. The molecular formula is C18H18N4OS2. The van der Waals surface area contributed by atoms with Gasteiger partial charge in [0, 0.05) is 11.7 Å². The smallest absolute Gasteiger partial charge is 0.237 e. The number of hydrogen-bond donors (Lipinski definition) is 1. The Balaban J connectivity index is 1.51. The summed E-state index contributed by atoms with van der Waals surface area (Å²) in [5.74, 6) is 0.884. The predicted molar refractivity (Wildman–Crippen MR) is 102 cm³/mol. The molecule has 0 saturated heterocycles. The van der Waals surface area contributed by atoms with Gasteiger partial charge in [0.05, 0.1) is 10.1 Å². The third-order valence-corrected chi connectivity index (χ3v) is 5.93. The maximum Gasteiger partial charge on any atom is 0.237 e. The van der Waals surface area contributed by atoms with Crippen LogP contribution < -0.4 is 5.32 Å². The Morgan fingerprint density at radius 3 is 2.72 bits per heavy atom. The Morgan fingerprint density at radius 1 is 1.24 bits per heavy atom. The number of para-hydroxylation sites is 1. The highest BCUT2D eigenvalue weighted by molar-refractivity contribution is 8.00.